The van der Waals surface area contributed by atoms with Gasteiger partial charge in [-0.05, 0) is 5.92 Å². The Kier molecular flexibility index (Phi) is 7.12. The summed E-state index contributed by atoms with van der Waals surface area (Å²) in [7, 11) is 1.41. The van der Waals surface area contributed by atoms with E-state index < -0.39 is 22.7 Å². The van der Waals surface area contributed by atoms with E-state index >= 15 is 0 Å². The van der Waals surface area contributed by atoms with Gasteiger partial charge in [0, 0.05) is 45.0 Å². The van der Waals surface area contributed by atoms with Crippen LogP contribution in [0.4, 0.5) is 19.0 Å². The van der Waals surface area contributed by atoms with Crippen LogP contribution in [0.1, 0.15) is 36.2 Å². The molecule has 0 aromatic carbocycles. The van der Waals surface area contributed by atoms with Crippen molar-refractivity contribution in [1.82, 2.24) is 15.2 Å². The highest BCUT2D eigenvalue weighted by Gasteiger charge is 2.39. The molecule has 1 aliphatic heterocycles. The number of thiophene rings is 1. The SMILES string of the molecule is CNC(=O)c1csc2c(C(F)(F)F)c(Cl)c(N3CCN(CC(=O)CC(C)C)CC3)nc12. The molecule has 31 heavy (non-hydrogen) atoms. The number of nitrogens with zero attached hydrogens (tertiary/aromatic N) is 3. The first-order valence-corrected chi connectivity index (χ1v) is 11.2. The van der Waals surface area contributed by atoms with Crippen LogP contribution < -0.4 is 10.2 Å². The lowest BCUT2D eigenvalue weighted by Crippen LogP contribution is -2.48. The Morgan fingerprint density at radius 3 is 2.45 bits per heavy atom. The predicted molar refractivity (Wildman–Crippen MR) is 116 cm³/mol. The van der Waals surface area contributed by atoms with E-state index in [1.807, 2.05) is 18.7 Å². The van der Waals surface area contributed by atoms with Crippen molar-refractivity contribution in [1.29, 1.82) is 0 Å². The average molecular weight is 477 g/mol. The Balaban J connectivity index is 1.91. The maximum Gasteiger partial charge on any atom is 0.419 e. The first-order chi connectivity index (χ1) is 14.5. The summed E-state index contributed by atoms with van der Waals surface area (Å²) in [6.45, 7) is 6.06. The van der Waals surface area contributed by atoms with Crippen molar-refractivity contribution in [2.45, 2.75) is 26.4 Å². The maximum atomic E-state index is 13.9. The molecule has 2 aromatic rings. The number of carbonyl (C=O) groups is 2. The van der Waals surface area contributed by atoms with Gasteiger partial charge in [0.05, 0.1) is 32.9 Å². The molecule has 0 bridgehead atoms. The zero-order valence-corrected chi connectivity index (χ0v) is 19.0. The van der Waals surface area contributed by atoms with Crippen molar-refractivity contribution in [2.24, 2.45) is 5.92 Å². The monoisotopic (exact) mass is 476 g/mol. The van der Waals surface area contributed by atoms with Crippen LogP contribution in [0.15, 0.2) is 5.38 Å². The van der Waals surface area contributed by atoms with E-state index in [9.17, 15) is 22.8 Å². The second kappa shape index (κ2) is 9.30. The van der Waals surface area contributed by atoms with Crippen molar-refractivity contribution >= 4 is 50.7 Å². The fourth-order valence-electron chi connectivity index (χ4n) is 3.65. The van der Waals surface area contributed by atoms with Gasteiger partial charge >= 0.3 is 6.18 Å². The van der Waals surface area contributed by atoms with Gasteiger partial charge in [-0.2, -0.15) is 13.2 Å². The highest BCUT2D eigenvalue weighted by Crippen LogP contribution is 2.45. The van der Waals surface area contributed by atoms with Gasteiger partial charge in [0.25, 0.3) is 5.91 Å². The van der Waals surface area contributed by atoms with Crippen molar-refractivity contribution in [3.8, 4) is 0 Å². The Morgan fingerprint density at radius 1 is 1.26 bits per heavy atom. The molecule has 11 heteroatoms. The fraction of sp³-hybridized carbons (Fsp3) is 0.550. The van der Waals surface area contributed by atoms with Crippen LogP contribution in [0.2, 0.25) is 5.02 Å². The van der Waals surface area contributed by atoms with E-state index in [0.29, 0.717) is 39.1 Å². The molecule has 1 fully saturated rings. The lowest BCUT2D eigenvalue weighted by molar-refractivity contribution is -0.136. The molecule has 0 radical (unpaired) electrons. The summed E-state index contributed by atoms with van der Waals surface area (Å²) in [5.41, 5.74) is -0.890. The number of halogens is 4. The topological polar surface area (TPSA) is 65.5 Å². The van der Waals surface area contributed by atoms with Crippen molar-refractivity contribution in [3.05, 3.63) is 21.5 Å². The normalized spacial score (nSPS) is 15.7. The molecule has 170 valence electrons. The minimum absolute atomic E-state index is 0.00869. The molecular formula is C20H24ClF3N4O2S. The van der Waals surface area contributed by atoms with E-state index in [-0.39, 0.29) is 33.3 Å². The Labute approximate surface area is 187 Å². The van der Waals surface area contributed by atoms with Gasteiger partial charge in [-0.25, -0.2) is 4.98 Å². The van der Waals surface area contributed by atoms with Gasteiger partial charge in [-0.3, -0.25) is 14.5 Å². The molecule has 2 aromatic heterocycles. The van der Waals surface area contributed by atoms with Crippen LogP contribution in [-0.4, -0.2) is 61.3 Å². The van der Waals surface area contributed by atoms with Crippen LogP contribution >= 0.6 is 22.9 Å². The number of carbonyl (C=O) groups excluding carboxylic acids is 2. The zero-order chi connectivity index (χ0) is 22.9. The van der Waals surface area contributed by atoms with E-state index in [2.05, 4.69) is 10.3 Å². The third-order valence-corrected chi connectivity index (χ3v) is 6.43. The van der Waals surface area contributed by atoms with Crippen LogP contribution in [0.5, 0.6) is 0 Å². The van der Waals surface area contributed by atoms with E-state index in [1.54, 1.807) is 4.90 Å². The Morgan fingerprint density at radius 2 is 1.90 bits per heavy atom. The molecule has 1 amide bonds. The van der Waals surface area contributed by atoms with Gasteiger partial charge in [-0.15, -0.1) is 11.3 Å². The Bertz CT molecular complexity index is 985. The summed E-state index contributed by atoms with van der Waals surface area (Å²) < 4.78 is 41.4. The molecule has 0 aliphatic carbocycles. The molecule has 3 heterocycles. The first kappa shape index (κ1) is 23.7. The minimum Gasteiger partial charge on any atom is -0.355 e. The van der Waals surface area contributed by atoms with E-state index in [0.717, 1.165) is 11.3 Å². The molecular weight excluding hydrogens is 453 g/mol. The number of hydrogen-bond acceptors (Lipinski definition) is 6. The molecule has 3 rings (SSSR count). The second-order valence-corrected chi connectivity index (χ2v) is 9.19. The van der Waals surface area contributed by atoms with E-state index in [1.165, 1.54) is 12.4 Å². The molecule has 1 N–H and O–H groups in total. The number of pyridine rings is 1. The Hall–Kier alpha value is -1.91. The fourth-order valence-corrected chi connectivity index (χ4v) is 5.13. The highest BCUT2D eigenvalue weighted by atomic mass is 35.5. The third-order valence-electron chi connectivity index (χ3n) is 5.09. The largest absolute Gasteiger partial charge is 0.419 e. The molecule has 1 saturated heterocycles. The number of hydrogen-bond donors (Lipinski definition) is 1. The summed E-state index contributed by atoms with van der Waals surface area (Å²) in [5, 5.41) is 3.33. The first-order valence-electron chi connectivity index (χ1n) is 9.91. The maximum absolute atomic E-state index is 13.9. The molecule has 1 aliphatic rings. The number of ketones is 1. The van der Waals surface area contributed by atoms with Crippen LogP contribution in [0.3, 0.4) is 0 Å². The van der Waals surface area contributed by atoms with Gasteiger partial charge in [-0.1, -0.05) is 25.4 Å². The standard InChI is InChI=1S/C20H24ClF3N4O2S/c1-11(2)8-12(29)9-27-4-6-28(7-5-27)18-15(21)14(20(22,23)24)17-16(26-18)13(10-31-17)19(30)25-3/h10-11H,4-9H2,1-3H3,(H,25,30). The van der Waals surface area contributed by atoms with Crippen LogP contribution in [0.25, 0.3) is 10.2 Å². The molecule has 6 nitrogen and oxygen atoms in total. The molecule has 0 unspecified atom stereocenters. The van der Waals surface area contributed by atoms with Gasteiger partial charge in [0.1, 0.15) is 11.6 Å². The number of amides is 1. The number of fused-ring (bicyclic) bond motifs is 1. The number of aromatic nitrogens is 1. The number of anilines is 1. The second-order valence-electron chi connectivity index (χ2n) is 7.93. The molecule has 0 saturated carbocycles. The third kappa shape index (κ3) is 5.12. The quantitative estimate of drug-likeness (QED) is 0.681. The van der Waals surface area contributed by atoms with Gasteiger partial charge in [0.2, 0.25) is 0 Å². The summed E-state index contributed by atoms with van der Waals surface area (Å²) >= 11 is 7.02. The summed E-state index contributed by atoms with van der Waals surface area (Å²) in [5.74, 6) is -0.0647. The summed E-state index contributed by atoms with van der Waals surface area (Å²) in [4.78, 5) is 32.3. The number of rotatable bonds is 6. The average Bonchev–Trinajstić information content (AvgIpc) is 3.09. The molecule has 0 atom stereocenters. The van der Waals surface area contributed by atoms with Crippen molar-refractivity contribution in [2.75, 3.05) is 44.7 Å². The van der Waals surface area contributed by atoms with Crippen LogP contribution in [-0.2, 0) is 11.0 Å². The lowest BCUT2D eigenvalue weighted by Gasteiger charge is -2.35. The summed E-state index contributed by atoms with van der Waals surface area (Å²) in [6, 6.07) is 0. The number of nitrogens with one attached hydrogen (secondary N) is 1. The number of Topliss-reactive ketones (excluding diaryl/α,β-unsaturated/α-hetero) is 1. The minimum atomic E-state index is -4.69. The van der Waals surface area contributed by atoms with Gasteiger partial charge in [0.15, 0.2) is 0 Å². The number of piperazine rings is 1. The highest BCUT2D eigenvalue weighted by molar-refractivity contribution is 7.17. The molecule has 0 spiro atoms. The zero-order valence-electron chi connectivity index (χ0n) is 17.5. The summed E-state index contributed by atoms with van der Waals surface area (Å²) in [6.07, 6.45) is -4.19. The van der Waals surface area contributed by atoms with Crippen LogP contribution in [0, 0.1) is 5.92 Å². The van der Waals surface area contributed by atoms with Crippen molar-refractivity contribution < 1.29 is 22.8 Å². The van der Waals surface area contributed by atoms with Crippen molar-refractivity contribution in [3.63, 3.8) is 0 Å². The lowest BCUT2D eigenvalue weighted by atomic mass is 10.1. The smallest absolute Gasteiger partial charge is 0.355 e. The number of alkyl halides is 3. The predicted octanol–water partition coefficient (Wildman–Crippen LogP) is 4.07. The van der Waals surface area contributed by atoms with Gasteiger partial charge < -0.3 is 10.2 Å². The van der Waals surface area contributed by atoms with E-state index in [4.69, 9.17) is 11.6 Å².